The number of carbonyl (C=O) groups excluding carboxylic acids is 1. The Bertz CT molecular complexity index is 777. The molecule has 0 bridgehead atoms. The standard InChI is InChI=1S/C17H20N2O3S/c1-17(2,3)14-9-11-15(12-10-14)23(21,22)19-18-16(20)13-7-5-4-6-8-13/h4-12,19H,1-3H3,(H,18,20). The first kappa shape index (κ1) is 17.2. The summed E-state index contributed by atoms with van der Waals surface area (Å²) in [5.41, 5.74) is 3.55. The van der Waals surface area contributed by atoms with Gasteiger partial charge in [0.25, 0.3) is 15.9 Å². The Kier molecular flexibility index (Phi) is 4.87. The number of hydrazine groups is 1. The summed E-state index contributed by atoms with van der Waals surface area (Å²) in [7, 11) is -3.81. The van der Waals surface area contributed by atoms with Crippen LogP contribution >= 0.6 is 0 Å². The largest absolute Gasteiger partial charge is 0.273 e. The Balaban J connectivity index is 2.09. The fourth-order valence-corrected chi connectivity index (χ4v) is 2.81. The zero-order chi connectivity index (χ0) is 17.1. The smallest absolute Gasteiger partial charge is 0.266 e. The summed E-state index contributed by atoms with van der Waals surface area (Å²) < 4.78 is 24.4. The molecule has 0 aliphatic heterocycles. The highest BCUT2D eigenvalue weighted by Gasteiger charge is 2.18. The Morgan fingerprint density at radius 1 is 0.913 bits per heavy atom. The van der Waals surface area contributed by atoms with E-state index in [-0.39, 0.29) is 10.3 Å². The van der Waals surface area contributed by atoms with Crippen LogP contribution in [0.25, 0.3) is 0 Å². The minimum atomic E-state index is -3.81. The molecule has 0 aliphatic carbocycles. The summed E-state index contributed by atoms with van der Waals surface area (Å²) in [4.78, 5) is 14.1. The second-order valence-corrected chi connectivity index (χ2v) is 7.88. The van der Waals surface area contributed by atoms with Gasteiger partial charge in [0.15, 0.2) is 0 Å². The van der Waals surface area contributed by atoms with E-state index in [0.29, 0.717) is 5.56 Å². The zero-order valence-corrected chi connectivity index (χ0v) is 14.1. The number of hydrogen-bond donors (Lipinski definition) is 2. The number of hydrogen-bond acceptors (Lipinski definition) is 3. The maximum atomic E-state index is 12.2. The molecule has 1 amide bonds. The van der Waals surface area contributed by atoms with Crippen LogP contribution in [0.3, 0.4) is 0 Å². The van der Waals surface area contributed by atoms with Gasteiger partial charge in [-0.3, -0.25) is 10.2 Å². The fourth-order valence-electron chi connectivity index (χ4n) is 1.97. The van der Waals surface area contributed by atoms with Crippen molar-refractivity contribution in [3.63, 3.8) is 0 Å². The highest BCUT2D eigenvalue weighted by molar-refractivity contribution is 7.89. The molecular weight excluding hydrogens is 312 g/mol. The minimum Gasteiger partial charge on any atom is -0.273 e. The lowest BCUT2D eigenvalue weighted by molar-refractivity contribution is 0.0945. The highest BCUT2D eigenvalue weighted by atomic mass is 32.2. The molecule has 0 fully saturated rings. The fraction of sp³-hybridized carbons (Fsp3) is 0.235. The van der Waals surface area contributed by atoms with Gasteiger partial charge in [-0.25, -0.2) is 8.42 Å². The van der Waals surface area contributed by atoms with E-state index >= 15 is 0 Å². The van der Waals surface area contributed by atoms with Crippen LogP contribution < -0.4 is 10.3 Å². The van der Waals surface area contributed by atoms with E-state index in [4.69, 9.17) is 0 Å². The van der Waals surface area contributed by atoms with Gasteiger partial charge in [0.05, 0.1) is 4.90 Å². The third-order valence-corrected chi connectivity index (χ3v) is 4.63. The molecule has 0 spiro atoms. The van der Waals surface area contributed by atoms with Crippen LogP contribution in [0.5, 0.6) is 0 Å². The predicted octanol–water partition coefficient (Wildman–Crippen LogP) is 2.61. The molecule has 0 heterocycles. The van der Waals surface area contributed by atoms with Crippen LogP contribution in [0.2, 0.25) is 0 Å². The van der Waals surface area contributed by atoms with Gasteiger partial charge in [-0.1, -0.05) is 51.1 Å². The van der Waals surface area contributed by atoms with Gasteiger partial charge in [0, 0.05) is 5.56 Å². The van der Waals surface area contributed by atoms with Gasteiger partial charge in [-0.05, 0) is 35.2 Å². The number of carbonyl (C=O) groups is 1. The summed E-state index contributed by atoms with van der Waals surface area (Å²) in [5, 5.41) is 0. The molecule has 0 saturated heterocycles. The van der Waals surface area contributed by atoms with E-state index in [1.54, 1.807) is 42.5 Å². The van der Waals surface area contributed by atoms with Crippen molar-refractivity contribution in [1.29, 1.82) is 0 Å². The van der Waals surface area contributed by atoms with Crippen molar-refractivity contribution >= 4 is 15.9 Å². The maximum Gasteiger partial charge on any atom is 0.266 e. The van der Waals surface area contributed by atoms with E-state index in [0.717, 1.165) is 5.56 Å². The summed E-state index contributed by atoms with van der Waals surface area (Å²) in [5.74, 6) is -0.513. The van der Waals surface area contributed by atoms with E-state index in [1.165, 1.54) is 12.1 Å². The molecule has 0 radical (unpaired) electrons. The van der Waals surface area contributed by atoms with E-state index < -0.39 is 15.9 Å². The Morgan fingerprint density at radius 3 is 2.00 bits per heavy atom. The summed E-state index contributed by atoms with van der Waals surface area (Å²) in [6.07, 6.45) is 0. The molecule has 2 rings (SSSR count). The van der Waals surface area contributed by atoms with Crippen LogP contribution in [-0.2, 0) is 15.4 Å². The van der Waals surface area contributed by atoms with Crippen molar-refractivity contribution in [1.82, 2.24) is 10.3 Å². The molecule has 6 heteroatoms. The number of rotatable bonds is 4. The van der Waals surface area contributed by atoms with Gasteiger partial charge in [0.2, 0.25) is 0 Å². The van der Waals surface area contributed by atoms with Gasteiger partial charge < -0.3 is 0 Å². The molecule has 0 aliphatic rings. The van der Waals surface area contributed by atoms with Gasteiger partial charge in [-0.15, -0.1) is 4.83 Å². The van der Waals surface area contributed by atoms with Crippen LogP contribution in [0.4, 0.5) is 0 Å². The van der Waals surface area contributed by atoms with E-state index in [2.05, 4.69) is 31.0 Å². The minimum absolute atomic E-state index is 0.0583. The number of sulfonamides is 1. The molecule has 0 aromatic heterocycles. The highest BCUT2D eigenvalue weighted by Crippen LogP contribution is 2.23. The first-order valence-electron chi connectivity index (χ1n) is 7.18. The van der Waals surface area contributed by atoms with Crippen molar-refractivity contribution in [2.45, 2.75) is 31.1 Å². The molecule has 0 unspecified atom stereocenters. The number of benzene rings is 2. The van der Waals surface area contributed by atoms with Gasteiger partial charge in [-0.2, -0.15) is 0 Å². The van der Waals surface area contributed by atoms with Crippen LogP contribution in [0.1, 0.15) is 36.7 Å². The molecule has 0 saturated carbocycles. The third-order valence-electron chi connectivity index (χ3n) is 3.37. The lowest BCUT2D eigenvalue weighted by Crippen LogP contribution is -2.41. The molecule has 0 atom stereocenters. The Morgan fingerprint density at radius 2 is 1.48 bits per heavy atom. The van der Waals surface area contributed by atoms with Crippen molar-refractivity contribution < 1.29 is 13.2 Å². The molecule has 2 N–H and O–H groups in total. The first-order valence-corrected chi connectivity index (χ1v) is 8.66. The number of nitrogens with one attached hydrogen (secondary N) is 2. The van der Waals surface area contributed by atoms with Gasteiger partial charge in [0.1, 0.15) is 0 Å². The first-order chi connectivity index (χ1) is 10.7. The molecule has 2 aromatic rings. The zero-order valence-electron chi connectivity index (χ0n) is 13.3. The molecule has 5 nitrogen and oxygen atoms in total. The van der Waals surface area contributed by atoms with Gasteiger partial charge >= 0.3 is 0 Å². The normalized spacial score (nSPS) is 12.0. The van der Waals surface area contributed by atoms with Crippen LogP contribution in [0.15, 0.2) is 59.5 Å². The Hall–Kier alpha value is -2.18. The SMILES string of the molecule is CC(C)(C)c1ccc(S(=O)(=O)NNC(=O)c2ccccc2)cc1. The quantitative estimate of drug-likeness (QED) is 0.845. The average molecular weight is 332 g/mol. The Labute approximate surface area is 136 Å². The lowest BCUT2D eigenvalue weighted by atomic mass is 9.87. The third kappa shape index (κ3) is 4.40. The van der Waals surface area contributed by atoms with E-state index in [9.17, 15) is 13.2 Å². The molecule has 23 heavy (non-hydrogen) atoms. The van der Waals surface area contributed by atoms with Crippen LogP contribution in [-0.4, -0.2) is 14.3 Å². The predicted molar refractivity (Wildman–Crippen MR) is 89.4 cm³/mol. The molecular formula is C17H20N2O3S. The van der Waals surface area contributed by atoms with Crippen molar-refractivity contribution in [3.8, 4) is 0 Å². The molecule has 122 valence electrons. The van der Waals surface area contributed by atoms with E-state index in [1.807, 2.05) is 0 Å². The monoisotopic (exact) mass is 332 g/mol. The van der Waals surface area contributed by atoms with Crippen molar-refractivity contribution in [2.24, 2.45) is 0 Å². The van der Waals surface area contributed by atoms with Crippen molar-refractivity contribution in [2.75, 3.05) is 0 Å². The lowest BCUT2D eigenvalue weighted by Gasteiger charge is -2.19. The second kappa shape index (κ2) is 6.52. The molecule has 2 aromatic carbocycles. The summed E-state index contributed by atoms with van der Waals surface area (Å²) in [6.45, 7) is 6.15. The maximum absolute atomic E-state index is 12.2. The summed E-state index contributed by atoms with van der Waals surface area (Å²) in [6, 6.07) is 15.0. The summed E-state index contributed by atoms with van der Waals surface area (Å²) >= 11 is 0. The van der Waals surface area contributed by atoms with Crippen LogP contribution in [0, 0.1) is 0 Å². The second-order valence-electron chi connectivity index (χ2n) is 6.20. The topological polar surface area (TPSA) is 75.3 Å². The average Bonchev–Trinajstić information content (AvgIpc) is 2.53. The number of amides is 1. The van der Waals surface area contributed by atoms with Crippen molar-refractivity contribution in [3.05, 3.63) is 65.7 Å².